The van der Waals surface area contributed by atoms with E-state index in [1.54, 1.807) is 7.11 Å². The Morgan fingerprint density at radius 3 is 2.78 bits per heavy atom. The van der Waals surface area contributed by atoms with Gasteiger partial charge in [0.25, 0.3) is 0 Å². The van der Waals surface area contributed by atoms with Crippen molar-refractivity contribution in [1.29, 1.82) is 0 Å². The smallest absolute Gasteiger partial charge is 0.311 e. The zero-order chi connectivity index (χ0) is 13.5. The van der Waals surface area contributed by atoms with Crippen molar-refractivity contribution < 1.29 is 14.3 Å². The summed E-state index contributed by atoms with van der Waals surface area (Å²) in [5, 5.41) is 6.00. The molecule has 18 heavy (non-hydrogen) atoms. The highest BCUT2D eigenvalue weighted by Crippen LogP contribution is 2.19. The lowest BCUT2D eigenvalue weighted by Crippen LogP contribution is -2.30. The van der Waals surface area contributed by atoms with E-state index in [9.17, 15) is 4.79 Å². The van der Waals surface area contributed by atoms with E-state index < -0.39 is 0 Å². The quantitative estimate of drug-likeness (QED) is 0.769. The van der Waals surface area contributed by atoms with Crippen LogP contribution in [0, 0.1) is 5.92 Å². The molecule has 0 amide bonds. The maximum Gasteiger partial charge on any atom is 0.311 e. The van der Waals surface area contributed by atoms with Crippen molar-refractivity contribution in [2.75, 3.05) is 26.1 Å². The van der Waals surface area contributed by atoms with E-state index in [0.717, 1.165) is 10.8 Å². The van der Waals surface area contributed by atoms with Gasteiger partial charge < -0.3 is 14.8 Å². The van der Waals surface area contributed by atoms with Crippen LogP contribution in [-0.4, -0.2) is 37.8 Å². The molecule has 0 spiro atoms. The normalized spacial score (nSPS) is 12.5. The van der Waals surface area contributed by atoms with Gasteiger partial charge in [0.2, 0.25) is 0 Å². The molecule has 6 heteroatoms. The van der Waals surface area contributed by atoms with Crippen LogP contribution in [0.5, 0.6) is 0 Å². The van der Waals surface area contributed by atoms with Gasteiger partial charge in [0.15, 0.2) is 5.13 Å². The Balaban J connectivity index is 2.59. The molecule has 0 fully saturated rings. The number of nitrogens with one attached hydrogen (secondary N) is 1. The maximum absolute atomic E-state index is 11.1. The van der Waals surface area contributed by atoms with Crippen molar-refractivity contribution in [2.24, 2.45) is 5.92 Å². The molecule has 1 aromatic rings. The minimum Gasteiger partial charge on any atom is -0.469 e. The van der Waals surface area contributed by atoms with Crippen LogP contribution in [0.3, 0.4) is 0 Å². The molecule has 1 atom stereocenters. The lowest BCUT2D eigenvalue weighted by molar-refractivity contribution is -0.139. The average Bonchev–Trinajstić information content (AvgIpc) is 2.75. The molecule has 1 heterocycles. The van der Waals surface area contributed by atoms with Crippen molar-refractivity contribution in [3.63, 3.8) is 0 Å². The van der Waals surface area contributed by atoms with E-state index >= 15 is 0 Å². The molecular weight excluding hydrogens is 252 g/mol. The van der Waals surface area contributed by atoms with Crippen LogP contribution < -0.4 is 5.32 Å². The maximum atomic E-state index is 11.1. The summed E-state index contributed by atoms with van der Waals surface area (Å²) in [4.78, 5) is 15.5. The van der Waals surface area contributed by atoms with Crippen LogP contribution in [-0.2, 0) is 20.7 Å². The summed E-state index contributed by atoms with van der Waals surface area (Å²) in [6, 6.07) is 0.215. The number of rotatable bonds is 7. The molecule has 0 saturated carbocycles. The Labute approximate surface area is 112 Å². The monoisotopic (exact) mass is 272 g/mol. The molecule has 0 aromatic carbocycles. The number of thiazole rings is 1. The third kappa shape index (κ3) is 4.62. The summed E-state index contributed by atoms with van der Waals surface area (Å²) in [6.07, 6.45) is 0.214. The predicted octanol–water partition coefficient (Wildman–Crippen LogP) is 1.94. The van der Waals surface area contributed by atoms with Crippen molar-refractivity contribution in [3.05, 3.63) is 11.1 Å². The fraction of sp³-hybridized carbons (Fsp3) is 0.667. The number of hydrogen-bond acceptors (Lipinski definition) is 6. The first kappa shape index (κ1) is 14.9. The van der Waals surface area contributed by atoms with Gasteiger partial charge in [0.1, 0.15) is 0 Å². The molecule has 1 aromatic heterocycles. The Hall–Kier alpha value is -1.14. The molecule has 1 rings (SSSR count). The molecule has 102 valence electrons. The summed E-state index contributed by atoms with van der Waals surface area (Å²) in [5.41, 5.74) is 0.731. The predicted molar refractivity (Wildman–Crippen MR) is 72.0 cm³/mol. The molecule has 1 unspecified atom stereocenters. The SMILES string of the molecule is COCC(Nc1nc(CC(=O)OC)cs1)C(C)C. The second kappa shape index (κ2) is 7.33. The summed E-state index contributed by atoms with van der Waals surface area (Å²) in [6.45, 7) is 4.88. The van der Waals surface area contributed by atoms with Gasteiger partial charge >= 0.3 is 5.97 Å². The topological polar surface area (TPSA) is 60.5 Å². The van der Waals surface area contributed by atoms with E-state index in [-0.39, 0.29) is 18.4 Å². The fourth-order valence-electron chi connectivity index (χ4n) is 1.41. The Morgan fingerprint density at radius 1 is 1.50 bits per heavy atom. The summed E-state index contributed by atoms with van der Waals surface area (Å²) >= 11 is 1.49. The van der Waals surface area contributed by atoms with Gasteiger partial charge in [0, 0.05) is 12.5 Å². The Kier molecular flexibility index (Phi) is 6.07. The molecule has 0 aliphatic rings. The molecule has 0 saturated heterocycles. The molecular formula is C12H20N2O3S. The van der Waals surface area contributed by atoms with Crippen LogP contribution in [0.15, 0.2) is 5.38 Å². The molecule has 0 aliphatic heterocycles. The van der Waals surface area contributed by atoms with Crippen LogP contribution in [0.2, 0.25) is 0 Å². The number of nitrogens with zero attached hydrogens (tertiary/aromatic N) is 1. The summed E-state index contributed by atoms with van der Waals surface area (Å²) in [7, 11) is 3.06. The highest BCUT2D eigenvalue weighted by Gasteiger charge is 2.15. The number of esters is 1. The first-order valence-corrected chi connectivity index (χ1v) is 6.71. The van der Waals surface area contributed by atoms with Crippen LogP contribution in [0.25, 0.3) is 0 Å². The number of anilines is 1. The number of carbonyl (C=O) groups excluding carboxylic acids is 1. The fourth-order valence-corrected chi connectivity index (χ4v) is 2.19. The number of ether oxygens (including phenoxy) is 2. The zero-order valence-electron chi connectivity index (χ0n) is 11.2. The van der Waals surface area contributed by atoms with E-state index in [2.05, 4.69) is 28.9 Å². The molecule has 0 aliphatic carbocycles. The third-order valence-corrected chi connectivity index (χ3v) is 3.39. The first-order valence-electron chi connectivity index (χ1n) is 5.83. The third-order valence-electron chi connectivity index (χ3n) is 2.56. The lowest BCUT2D eigenvalue weighted by Gasteiger charge is -2.20. The number of carbonyl (C=O) groups is 1. The van der Waals surface area contributed by atoms with E-state index in [4.69, 9.17) is 4.74 Å². The summed E-state index contributed by atoms with van der Waals surface area (Å²) < 4.78 is 9.77. The molecule has 5 nitrogen and oxygen atoms in total. The first-order chi connectivity index (χ1) is 8.56. The van der Waals surface area contributed by atoms with Gasteiger partial charge in [-0.05, 0) is 5.92 Å². The second-order valence-electron chi connectivity index (χ2n) is 4.35. The second-order valence-corrected chi connectivity index (χ2v) is 5.21. The Bertz CT molecular complexity index is 379. The van der Waals surface area contributed by atoms with Crippen LogP contribution in [0.1, 0.15) is 19.5 Å². The van der Waals surface area contributed by atoms with Gasteiger partial charge in [-0.1, -0.05) is 13.8 Å². The van der Waals surface area contributed by atoms with E-state index in [1.165, 1.54) is 18.4 Å². The van der Waals surface area contributed by atoms with Crippen molar-refractivity contribution >= 4 is 22.4 Å². The number of aromatic nitrogens is 1. The van der Waals surface area contributed by atoms with Gasteiger partial charge in [-0.3, -0.25) is 4.79 Å². The van der Waals surface area contributed by atoms with Gasteiger partial charge in [0.05, 0.1) is 31.9 Å². The molecule has 1 N–H and O–H groups in total. The van der Waals surface area contributed by atoms with Crippen LogP contribution >= 0.6 is 11.3 Å². The van der Waals surface area contributed by atoms with Gasteiger partial charge in [-0.2, -0.15) is 0 Å². The van der Waals surface area contributed by atoms with Crippen LogP contribution in [0.4, 0.5) is 5.13 Å². The number of hydrogen-bond donors (Lipinski definition) is 1. The van der Waals surface area contributed by atoms with Crippen molar-refractivity contribution in [3.8, 4) is 0 Å². The molecule has 0 radical (unpaired) electrons. The minimum atomic E-state index is -0.274. The minimum absolute atomic E-state index is 0.214. The Morgan fingerprint density at radius 2 is 2.22 bits per heavy atom. The lowest BCUT2D eigenvalue weighted by atomic mass is 10.1. The largest absolute Gasteiger partial charge is 0.469 e. The summed E-state index contributed by atoms with van der Waals surface area (Å²) in [5.74, 6) is 0.169. The highest BCUT2D eigenvalue weighted by atomic mass is 32.1. The van der Waals surface area contributed by atoms with Crippen molar-refractivity contribution in [2.45, 2.75) is 26.3 Å². The molecule has 0 bridgehead atoms. The zero-order valence-corrected chi connectivity index (χ0v) is 12.0. The highest BCUT2D eigenvalue weighted by molar-refractivity contribution is 7.13. The standard InChI is InChI=1S/C12H20N2O3S/c1-8(2)10(6-16-3)14-12-13-9(7-18-12)5-11(15)17-4/h7-8,10H,5-6H2,1-4H3,(H,13,14). The van der Waals surface area contributed by atoms with Crippen molar-refractivity contribution in [1.82, 2.24) is 4.98 Å². The van der Waals surface area contributed by atoms with Gasteiger partial charge in [-0.15, -0.1) is 11.3 Å². The van der Waals surface area contributed by atoms with Gasteiger partial charge in [-0.25, -0.2) is 4.98 Å². The average molecular weight is 272 g/mol. The number of methoxy groups -OCH3 is 2. The van der Waals surface area contributed by atoms with E-state index in [0.29, 0.717) is 12.5 Å². The van der Waals surface area contributed by atoms with E-state index in [1.807, 2.05) is 5.38 Å².